The molecule has 0 fully saturated rings. The van der Waals surface area contributed by atoms with E-state index in [1.165, 1.54) is 74.1 Å². The van der Waals surface area contributed by atoms with Crippen molar-refractivity contribution in [1.29, 1.82) is 0 Å². The van der Waals surface area contributed by atoms with Crippen molar-refractivity contribution in [1.82, 2.24) is 9.97 Å². The smallest absolute Gasteiger partial charge is 0.143 e. The second kappa shape index (κ2) is 8.76. The molecule has 1 N–H and O–H groups in total. The number of unbranched alkanes of at least 4 members (excludes halogenated alkanes) is 4. The van der Waals surface area contributed by atoms with Gasteiger partial charge in [0.2, 0.25) is 0 Å². The van der Waals surface area contributed by atoms with E-state index in [1.807, 2.05) is 11.8 Å². The van der Waals surface area contributed by atoms with Crippen molar-refractivity contribution in [3.63, 3.8) is 0 Å². The summed E-state index contributed by atoms with van der Waals surface area (Å²) in [5, 5.41) is 3.86. The zero-order valence-electron chi connectivity index (χ0n) is 16.8. The van der Waals surface area contributed by atoms with Crippen molar-refractivity contribution in [3.8, 4) is 0 Å². The van der Waals surface area contributed by atoms with Gasteiger partial charge in [0.15, 0.2) is 0 Å². The van der Waals surface area contributed by atoms with E-state index in [-0.39, 0.29) is 5.37 Å². The Balaban J connectivity index is 1.54. The minimum Gasteiger partial charge on any atom is -0.369 e. The highest BCUT2D eigenvalue weighted by atomic mass is 32.2. The number of allylic oxidation sites excluding steroid dienone is 1. The third-order valence-electron chi connectivity index (χ3n) is 6.01. The average Bonchev–Trinajstić information content (AvgIpc) is 3.30. The van der Waals surface area contributed by atoms with Gasteiger partial charge < -0.3 is 5.32 Å². The van der Waals surface area contributed by atoms with Crippen LogP contribution >= 0.6 is 11.8 Å². The van der Waals surface area contributed by atoms with Gasteiger partial charge in [-0.05, 0) is 44.1 Å². The predicted molar refractivity (Wildman–Crippen MR) is 115 cm³/mol. The van der Waals surface area contributed by atoms with Gasteiger partial charge in [0, 0.05) is 12.3 Å². The number of aliphatic imine (C=N–C) groups is 1. The van der Waals surface area contributed by atoms with Crippen LogP contribution in [-0.2, 0) is 0 Å². The topological polar surface area (TPSA) is 50.2 Å². The average molecular weight is 385 g/mol. The molecule has 0 amide bonds. The fraction of sp³-hybridized carbons (Fsp3) is 0.682. The Bertz CT molecular complexity index is 740. The number of nitrogens with one attached hydrogen (secondary N) is 1. The minimum absolute atomic E-state index is 0.279. The van der Waals surface area contributed by atoms with Crippen LogP contribution in [0.15, 0.2) is 27.4 Å². The van der Waals surface area contributed by atoms with Crippen molar-refractivity contribution in [3.05, 3.63) is 23.2 Å². The van der Waals surface area contributed by atoms with Crippen LogP contribution in [0, 0.1) is 0 Å². The number of thioether (sulfide) groups is 1. The molecule has 0 spiro atoms. The Kier molecular flexibility index (Phi) is 6.16. The molecule has 0 saturated heterocycles. The summed E-state index contributed by atoms with van der Waals surface area (Å²) in [4.78, 5) is 15.8. The zero-order chi connectivity index (χ0) is 18.6. The number of anilines is 1. The molecule has 4 rings (SSSR count). The maximum atomic E-state index is 5.23. The van der Waals surface area contributed by atoms with Crippen molar-refractivity contribution in [2.75, 3.05) is 11.9 Å². The molecule has 1 aliphatic carbocycles. The molecule has 27 heavy (non-hydrogen) atoms. The number of hydrogen-bond donors (Lipinski definition) is 1. The number of aromatic nitrogens is 2. The van der Waals surface area contributed by atoms with E-state index in [0.717, 1.165) is 18.8 Å². The first-order chi connectivity index (χ1) is 13.3. The fourth-order valence-electron chi connectivity index (χ4n) is 4.60. The molecule has 146 valence electrons. The Morgan fingerprint density at radius 2 is 1.96 bits per heavy atom. The summed E-state index contributed by atoms with van der Waals surface area (Å²) in [6.45, 7) is 5.52. The first-order valence-corrected chi connectivity index (χ1v) is 11.8. The molecule has 0 unspecified atom stereocenters. The van der Waals surface area contributed by atoms with Gasteiger partial charge in [0.25, 0.3) is 0 Å². The lowest BCUT2D eigenvalue weighted by atomic mass is 9.87. The minimum atomic E-state index is 0.279. The number of nitrogens with zero attached hydrogens (tertiary/aromatic N) is 3. The summed E-state index contributed by atoms with van der Waals surface area (Å²) in [5.74, 6) is 1.41. The van der Waals surface area contributed by atoms with Crippen molar-refractivity contribution in [2.24, 2.45) is 4.99 Å². The molecule has 0 saturated carbocycles. The number of rotatable bonds is 9. The first-order valence-electron chi connectivity index (χ1n) is 10.9. The lowest BCUT2D eigenvalue weighted by molar-refractivity contribution is 0.681. The van der Waals surface area contributed by atoms with E-state index in [2.05, 4.69) is 24.1 Å². The van der Waals surface area contributed by atoms with Crippen LogP contribution in [0.4, 0.5) is 5.82 Å². The maximum Gasteiger partial charge on any atom is 0.143 e. The zero-order valence-corrected chi connectivity index (χ0v) is 17.6. The Labute approximate surface area is 167 Å². The van der Waals surface area contributed by atoms with Crippen LogP contribution in [0.25, 0.3) is 0 Å². The lowest BCUT2D eigenvalue weighted by Gasteiger charge is -2.26. The number of hydrogen-bond acceptors (Lipinski definition) is 5. The second-order valence-electron chi connectivity index (χ2n) is 7.95. The number of fused-ring (bicyclic) bond motifs is 4. The highest BCUT2D eigenvalue weighted by molar-refractivity contribution is 8.00. The van der Waals surface area contributed by atoms with Crippen molar-refractivity contribution < 1.29 is 0 Å². The van der Waals surface area contributed by atoms with E-state index in [0.29, 0.717) is 5.92 Å². The van der Waals surface area contributed by atoms with Gasteiger partial charge in [-0.25, -0.2) is 9.97 Å². The molecule has 3 heterocycles. The Hall–Kier alpha value is -1.36. The van der Waals surface area contributed by atoms with E-state index in [9.17, 15) is 0 Å². The molecular formula is C22H32N4S. The normalized spacial score (nSPS) is 23.1. The monoisotopic (exact) mass is 384 g/mol. The molecule has 2 atom stereocenters. The van der Waals surface area contributed by atoms with Gasteiger partial charge in [0.05, 0.1) is 16.5 Å². The van der Waals surface area contributed by atoms with E-state index >= 15 is 0 Å². The third-order valence-corrected chi connectivity index (χ3v) is 7.26. The van der Waals surface area contributed by atoms with Crippen LogP contribution in [0.3, 0.4) is 0 Å². The van der Waals surface area contributed by atoms with Gasteiger partial charge >= 0.3 is 0 Å². The molecule has 0 bridgehead atoms. The highest BCUT2D eigenvalue weighted by Gasteiger charge is 2.43. The van der Waals surface area contributed by atoms with Crippen LogP contribution in [0.2, 0.25) is 0 Å². The highest BCUT2D eigenvalue weighted by Crippen LogP contribution is 2.55. The molecule has 1 aromatic rings. The Morgan fingerprint density at radius 3 is 2.81 bits per heavy atom. The van der Waals surface area contributed by atoms with E-state index < -0.39 is 0 Å². The number of dihydropyridines is 1. The molecule has 0 aromatic carbocycles. The van der Waals surface area contributed by atoms with E-state index in [1.54, 1.807) is 17.5 Å². The summed E-state index contributed by atoms with van der Waals surface area (Å²) >= 11 is 1.89. The second-order valence-corrected chi connectivity index (χ2v) is 9.07. The molecular weight excluding hydrogens is 352 g/mol. The summed E-state index contributed by atoms with van der Waals surface area (Å²) in [6.07, 6.45) is 14.2. The van der Waals surface area contributed by atoms with Crippen LogP contribution in [0.5, 0.6) is 0 Å². The van der Waals surface area contributed by atoms with Gasteiger partial charge in [-0.1, -0.05) is 56.9 Å². The fourth-order valence-corrected chi connectivity index (χ4v) is 5.99. The molecule has 3 aliphatic rings. The summed E-state index contributed by atoms with van der Waals surface area (Å²) in [5.41, 5.74) is 5.84. The van der Waals surface area contributed by atoms with Crippen LogP contribution < -0.4 is 5.32 Å². The maximum absolute atomic E-state index is 5.23. The first kappa shape index (κ1) is 19.0. The van der Waals surface area contributed by atoms with Gasteiger partial charge in [-0.15, -0.1) is 0 Å². The van der Waals surface area contributed by atoms with Gasteiger partial charge in [-0.2, -0.15) is 0 Å². The summed E-state index contributed by atoms with van der Waals surface area (Å²) in [6, 6.07) is 0. The standard InChI is InChI=1S/C22H32N4S/c1-3-5-7-8-13-23-21-20-19(24-14-25-21)18-16-11-9-10-15(16)17(12-6-4-2)26-22(18)27-20/h14,18,22H,3-13H2,1-2H3,(H,23,24,25)/t18-,22-/m1/s1. The molecule has 2 aliphatic heterocycles. The summed E-state index contributed by atoms with van der Waals surface area (Å²) in [7, 11) is 0. The molecule has 4 nitrogen and oxygen atoms in total. The van der Waals surface area contributed by atoms with Crippen LogP contribution in [-0.4, -0.2) is 27.6 Å². The Morgan fingerprint density at radius 1 is 1.07 bits per heavy atom. The largest absolute Gasteiger partial charge is 0.369 e. The lowest BCUT2D eigenvalue weighted by Crippen LogP contribution is -2.21. The van der Waals surface area contributed by atoms with Gasteiger partial charge in [-0.3, -0.25) is 4.99 Å². The molecule has 1 aromatic heterocycles. The van der Waals surface area contributed by atoms with Crippen molar-refractivity contribution >= 4 is 23.3 Å². The quantitative estimate of drug-likeness (QED) is 0.522. The SMILES string of the molecule is CCCCCCNc1ncnc2c1S[C@H]1N=C(CCCC)C3=C(CCC3)[C@H]21. The van der Waals surface area contributed by atoms with Crippen molar-refractivity contribution in [2.45, 2.75) is 94.2 Å². The van der Waals surface area contributed by atoms with Gasteiger partial charge in [0.1, 0.15) is 17.5 Å². The predicted octanol–water partition coefficient (Wildman–Crippen LogP) is 6.11. The van der Waals surface area contributed by atoms with E-state index in [4.69, 9.17) is 9.98 Å². The summed E-state index contributed by atoms with van der Waals surface area (Å²) < 4.78 is 0. The molecule has 0 radical (unpaired) electrons. The molecule has 5 heteroatoms. The third kappa shape index (κ3) is 3.80. The van der Waals surface area contributed by atoms with Crippen LogP contribution in [0.1, 0.15) is 89.7 Å².